The number of benzene rings is 3. The first-order chi connectivity index (χ1) is 14.8. The van der Waals surface area contributed by atoms with Crippen LogP contribution in [0.25, 0.3) is 6.08 Å². The largest absolute Gasteiger partial charge is 0.478 e. The first-order valence-corrected chi connectivity index (χ1v) is 10.3. The predicted octanol–water partition coefficient (Wildman–Crippen LogP) is 5.09. The Bertz CT molecular complexity index is 1090. The van der Waals surface area contributed by atoms with Crippen molar-refractivity contribution in [1.82, 2.24) is 4.90 Å². The second-order valence-electron chi connectivity index (χ2n) is 7.68. The van der Waals surface area contributed by atoms with Gasteiger partial charge in [0.25, 0.3) is 0 Å². The van der Waals surface area contributed by atoms with E-state index in [1.54, 1.807) is 6.08 Å². The van der Waals surface area contributed by atoms with Crippen LogP contribution in [0.3, 0.4) is 0 Å². The van der Waals surface area contributed by atoms with Crippen molar-refractivity contribution in [2.75, 3.05) is 13.3 Å². The molecule has 150 valence electrons. The average Bonchev–Trinajstić information content (AvgIpc) is 3.11. The van der Waals surface area contributed by atoms with Gasteiger partial charge in [0.05, 0.1) is 11.1 Å². The summed E-state index contributed by atoms with van der Waals surface area (Å²) >= 11 is 0. The number of carbonyl (C=O) groups excluding carboxylic acids is 1. The molecule has 0 bridgehead atoms. The van der Waals surface area contributed by atoms with E-state index in [2.05, 4.69) is 29.2 Å². The van der Waals surface area contributed by atoms with Crippen molar-refractivity contribution in [1.29, 1.82) is 0 Å². The van der Waals surface area contributed by atoms with Gasteiger partial charge >= 0.3 is 0 Å². The summed E-state index contributed by atoms with van der Waals surface area (Å²) < 4.78 is 12.0. The summed E-state index contributed by atoms with van der Waals surface area (Å²) in [6.45, 7) is 2.21. The van der Waals surface area contributed by atoms with Crippen LogP contribution in [0.15, 0.2) is 78.6 Å². The Morgan fingerprint density at radius 3 is 2.50 bits per heavy atom. The zero-order chi connectivity index (χ0) is 20.3. The number of hydrogen-bond donors (Lipinski definition) is 0. The molecule has 0 atom stereocenters. The van der Waals surface area contributed by atoms with Gasteiger partial charge in [0.2, 0.25) is 5.78 Å². The van der Waals surface area contributed by atoms with Gasteiger partial charge in [-0.25, -0.2) is 0 Å². The minimum absolute atomic E-state index is 0.0714. The van der Waals surface area contributed by atoms with Gasteiger partial charge < -0.3 is 9.47 Å². The van der Waals surface area contributed by atoms with E-state index in [0.717, 1.165) is 42.8 Å². The third kappa shape index (κ3) is 3.74. The molecule has 0 radical (unpaired) electrons. The highest BCUT2D eigenvalue weighted by atomic mass is 16.5. The third-order valence-corrected chi connectivity index (χ3v) is 5.56. The fraction of sp³-hybridized carbons (Fsp3) is 0.192. The number of rotatable bonds is 5. The maximum atomic E-state index is 12.8. The van der Waals surface area contributed by atoms with Crippen LogP contribution in [0.1, 0.15) is 33.5 Å². The molecule has 0 fully saturated rings. The summed E-state index contributed by atoms with van der Waals surface area (Å²) in [6, 6.07) is 24.0. The van der Waals surface area contributed by atoms with E-state index in [9.17, 15) is 4.79 Å². The molecular formula is C26H23NO3. The number of aryl methyl sites for hydroxylation is 1. The zero-order valence-electron chi connectivity index (χ0n) is 16.7. The van der Waals surface area contributed by atoms with Crippen LogP contribution in [0, 0.1) is 0 Å². The van der Waals surface area contributed by atoms with Gasteiger partial charge in [-0.2, -0.15) is 0 Å². The Balaban J connectivity index is 1.31. The van der Waals surface area contributed by atoms with E-state index < -0.39 is 0 Å². The number of ketones is 1. The van der Waals surface area contributed by atoms with Crippen LogP contribution < -0.4 is 9.47 Å². The van der Waals surface area contributed by atoms with Crippen molar-refractivity contribution in [2.45, 2.75) is 19.4 Å². The Labute approximate surface area is 176 Å². The predicted molar refractivity (Wildman–Crippen MR) is 116 cm³/mol. The normalized spacial score (nSPS) is 16.7. The van der Waals surface area contributed by atoms with Crippen molar-refractivity contribution >= 4 is 11.9 Å². The maximum Gasteiger partial charge on any atom is 0.231 e. The fourth-order valence-corrected chi connectivity index (χ4v) is 4.00. The Kier molecular flexibility index (Phi) is 5.08. The molecule has 2 heterocycles. The number of ether oxygens (including phenoxy) is 2. The number of nitrogens with zero attached hydrogens (tertiary/aromatic N) is 1. The van der Waals surface area contributed by atoms with E-state index in [-0.39, 0.29) is 5.78 Å². The summed E-state index contributed by atoms with van der Waals surface area (Å²) in [5, 5.41) is 0. The van der Waals surface area contributed by atoms with Crippen LogP contribution in [-0.2, 0) is 13.0 Å². The lowest BCUT2D eigenvalue weighted by molar-refractivity contribution is 0.0928. The molecule has 4 heteroatoms. The quantitative estimate of drug-likeness (QED) is 0.563. The van der Waals surface area contributed by atoms with Gasteiger partial charge in [0.15, 0.2) is 5.76 Å². The highest BCUT2D eigenvalue weighted by Crippen LogP contribution is 2.42. The number of hydrogen-bond acceptors (Lipinski definition) is 4. The first kappa shape index (κ1) is 18.6. The number of Topliss-reactive ketones (excluding diaryl/α,β-unsaturated/α-hetero) is 1. The molecule has 0 saturated heterocycles. The van der Waals surface area contributed by atoms with Gasteiger partial charge in [-0.05, 0) is 42.2 Å². The van der Waals surface area contributed by atoms with E-state index in [1.165, 1.54) is 5.56 Å². The molecule has 0 unspecified atom stereocenters. The number of carbonyl (C=O) groups is 1. The van der Waals surface area contributed by atoms with E-state index >= 15 is 0 Å². The molecule has 2 aliphatic heterocycles. The lowest BCUT2D eigenvalue weighted by Gasteiger charge is -2.29. The molecular weight excluding hydrogens is 374 g/mol. The highest BCUT2D eigenvalue weighted by molar-refractivity contribution is 6.15. The van der Waals surface area contributed by atoms with E-state index in [0.29, 0.717) is 23.8 Å². The Hall–Kier alpha value is -3.37. The van der Waals surface area contributed by atoms with Gasteiger partial charge in [-0.3, -0.25) is 9.69 Å². The second kappa shape index (κ2) is 8.17. The van der Waals surface area contributed by atoms with Gasteiger partial charge in [-0.1, -0.05) is 60.7 Å². The van der Waals surface area contributed by atoms with Crippen LogP contribution in [-0.4, -0.2) is 24.0 Å². The van der Waals surface area contributed by atoms with Crippen molar-refractivity contribution < 1.29 is 14.3 Å². The SMILES string of the molecule is O=C1/C(=C/c2ccccc2)Oc2c1ccc1c2CN(CCCc2ccccc2)CO1. The second-order valence-corrected chi connectivity index (χ2v) is 7.68. The third-order valence-electron chi connectivity index (χ3n) is 5.56. The lowest BCUT2D eigenvalue weighted by Crippen LogP contribution is -2.33. The van der Waals surface area contributed by atoms with Crippen molar-refractivity contribution in [3.05, 3.63) is 101 Å². The molecule has 0 aliphatic carbocycles. The molecule has 4 nitrogen and oxygen atoms in total. The minimum atomic E-state index is -0.0714. The molecule has 0 N–H and O–H groups in total. The molecule has 3 aromatic rings. The average molecular weight is 397 g/mol. The number of fused-ring (bicyclic) bond motifs is 3. The van der Waals surface area contributed by atoms with Gasteiger partial charge in [0, 0.05) is 13.1 Å². The standard InChI is InChI=1S/C26H23NO3/c28-25-21-13-14-23-22(26(21)30-24(25)16-20-10-5-2-6-11-20)17-27(18-29-23)15-7-12-19-8-3-1-4-9-19/h1-6,8-11,13-14,16H,7,12,15,17-18H2/b24-16-. The summed E-state index contributed by atoms with van der Waals surface area (Å²) in [5.74, 6) is 1.75. The molecule has 0 amide bonds. The van der Waals surface area contributed by atoms with E-state index in [1.807, 2.05) is 48.5 Å². The minimum Gasteiger partial charge on any atom is -0.478 e. The Morgan fingerprint density at radius 1 is 0.933 bits per heavy atom. The molecule has 30 heavy (non-hydrogen) atoms. The fourth-order valence-electron chi connectivity index (χ4n) is 4.00. The highest BCUT2D eigenvalue weighted by Gasteiger charge is 2.33. The molecule has 0 saturated carbocycles. The summed E-state index contributed by atoms with van der Waals surface area (Å²) in [6.07, 6.45) is 3.89. The molecule has 2 aliphatic rings. The molecule has 5 rings (SSSR count). The van der Waals surface area contributed by atoms with Crippen molar-refractivity contribution in [2.24, 2.45) is 0 Å². The zero-order valence-corrected chi connectivity index (χ0v) is 16.7. The van der Waals surface area contributed by atoms with Crippen LogP contribution in [0.5, 0.6) is 11.5 Å². The summed E-state index contributed by atoms with van der Waals surface area (Å²) in [7, 11) is 0. The molecule has 0 aromatic heterocycles. The maximum absolute atomic E-state index is 12.8. The van der Waals surface area contributed by atoms with Crippen molar-refractivity contribution in [3.8, 4) is 11.5 Å². The monoisotopic (exact) mass is 397 g/mol. The molecule has 0 spiro atoms. The van der Waals surface area contributed by atoms with Gasteiger partial charge in [-0.15, -0.1) is 0 Å². The lowest BCUT2D eigenvalue weighted by atomic mass is 10.0. The number of allylic oxidation sites excluding steroid dienone is 1. The smallest absolute Gasteiger partial charge is 0.231 e. The van der Waals surface area contributed by atoms with Crippen LogP contribution >= 0.6 is 0 Å². The molecule has 3 aromatic carbocycles. The summed E-state index contributed by atoms with van der Waals surface area (Å²) in [4.78, 5) is 15.1. The van der Waals surface area contributed by atoms with Crippen LogP contribution in [0.2, 0.25) is 0 Å². The van der Waals surface area contributed by atoms with Crippen molar-refractivity contribution in [3.63, 3.8) is 0 Å². The first-order valence-electron chi connectivity index (χ1n) is 10.3. The van der Waals surface area contributed by atoms with Gasteiger partial charge in [0.1, 0.15) is 18.2 Å². The summed E-state index contributed by atoms with van der Waals surface area (Å²) in [5.41, 5.74) is 3.87. The van der Waals surface area contributed by atoms with Crippen LogP contribution in [0.4, 0.5) is 0 Å². The topological polar surface area (TPSA) is 38.8 Å². The Morgan fingerprint density at radius 2 is 1.70 bits per heavy atom. The van der Waals surface area contributed by atoms with E-state index in [4.69, 9.17) is 9.47 Å².